The van der Waals surface area contributed by atoms with Crippen molar-refractivity contribution in [1.82, 2.24) is 5.32 Å². The third kappa shape index (κ3) is 1.50. The average Bonchev–Trinajstić information content (AvgIpc) is 2.52. The topological polar surface area (TPSA) is 32.3 Å². The van der Waals surface area contributed by atoms with Gasteiger partial charge in [-0.3, -0.25) is 5.32 Å². The van der Waals surface area contributed by atoms with Crippen LogP contribution in [0.2, 0.25) is 0 Å². The minimum Gasteiger partial charge on any atom is -0.379 e. The van der Waals surface area contributed by atoms with Gasteiger partial charge in [-0.1, -0.05) is 12.8 Å². The SMILES string of the molecule is CC(O)NC1CCC2CCCC21. The van der Waals surface area contributed by atoms with Crippen molar-refractivity contribution in [3.63, 3.8) is 0 Å². The molecule has 0 bridgehead atoms. The maximum atomic E-state index is 9.22. The third-order valence-corrected chi connectivity index (χ3v) is 3.54. The molecule has 2 saturated carbocycles. The van der Waals surface area contributed by atoms with Crippen LogP contribution in [0, 0.1) is 11.8 Å². The van der Waals surface area contributed by atoms with Crippen molar-refractivity contribution in [2.24, 2.45) is 11.8 Å². The lowest BCUT2D eigenvalue weighted by Gasteiger charge is -2.21. The minimum absolute atomic E-state index is 0.325. The summed E-state index contributed by atoms with van der Waals surface area (Å²) in [4.78, 5) is 0. The fraction of sp³-hybridized carbons (Fsp3) is 1.00. The van der Waals surface area contributed by atoms with Crippen LogP contribution < -0.4 is 5.32 Å². The van der Waals surface area contributed by atoms with E-state index in [2.05, 4.69) is 5.32 Å². The van der Waals surface area contributed by atoms with Crippen LogP contribution >= 0.6 is 0 Å². The Morgan fingerprint density at radius 2 is 2.08 bits per heavy atom. The predicted molar refractivity (Wildman–Crippen MR) is 48.7 cm³/mol. The van der Waals surface area contributed by atoms with Gasteiger partial charge in [-0.2, -0.15) is 0 Å². The molecule has 2 N–H and O–H groups in total. The minimum atomic E-state index is -0.325. The van der Waals surface area contributed by atoms with Crippen molar-refractivity contribution in [3.05, 3.63) is 0 Å². The molecule has 2 heteroatoms. The van der Waals surface area contributed by atoms with E-state index in [1.807, 2.05) is 6.92 Å². The van der Waals surface area contributed by atoms with E-state index in [9.17, 15) is 5.11 Å². The normalized spacial score (nSPS) is 43.0. The zero-order valence-electron chi connectivity index (χ0n) is 7.79. The summed E-state index contributed by atoms with van der Waals surface area (Å²) in [6.07, 6.45) is 6.56. The maximum absolute atomic E-state index is 9.22. The number of nitrogens with one attached hydrogen (secondary N) is 1. The first-order valence-corrected chi connectivity index (χ1v) is 5.21. The molecule has 0 heterocycles. The molecule has 0 amide bonds. The molecule has 2 fully saturated rings. The second-order valence-corrected chi connectivity index (χ2v) is 4.38. The average molecular weight is 169 g/mol. The summed E-state index contributed by atoms with van der Waals surface area (Å²) < 4.78 is 0. The largest absolute Gasteiger partial charge is 0.379 e. The standard InChI is InChI=1S/C10H19NO/c1-7(12)11-10-6-5-8-3-2-4-9(8)10/h7-12H,2-6H2,1H3. The smallest absolute Gasteiger partial charge is 0.102 e. The van der Waals surface area contributed by atoms with E-state index in [0.717, 1.165) is 11.8 Å². The van der Waals surface area contributed by atoms with Crippen molar-refractivity contribution < 1.29 is 5.11 Å². The van der Waals surface area contributed by atoms with Gasteiger partial charge >= 0.3 is 0 Å². The van der Waals surface area contributed by atoms with E-state index in [1.165, 1.54) is 32.1 Å². The molecule has 2 aliphatic rings. The quantitative estimate of drug-likeness (QED) is 0.614. The van der Waals surface area contributed by atoms with Crippen molar-refractivity contribution in [1.29, 1.82) is 0 Å². The molecule has 70 valence electrons. The molecule has 0 aromatic heterocycles. The van der Waals surface area contributed by atoms with Gasteiger partial charge in [0, 0.05) is 6.04 Å². The van der Waals surface area contributed by atoms with Crippen LogP contribution in [0.15, 0.2) is 0 Å². The summed E-state index contributed by atoms with van der Waals surface area (Å²) in [5, 5.41) is 12.5. The third-order valence-electron chi connectivity index (χ3n) is 3.54. The Labute approximate surface area is 74.4 Å². The Balaban J connectivity index is 1.91. The van der Waals surface area contributed by atoms with Gasteiger partial charge in [-0.25, -0.2) is 0 Å². The summed E-state index contributed by atoms with van der Waals surface area (Å²) in [6.45, 7) is 1.82. The molecule has 4 atom stereocenters. The molecule has 0 aromatic carbocycles. The number of hydrogen-bond acceptors (Lipinski definition) is 2. The van der Waals surface area contributed by atoms with E-state index < -0.39 is 0 Å². The van der Waals surface area contributed by atoms with Gasteiger partial charge < -0.3 is 5.11 Å². The zero-order chi connectivity index (χ0) is 8.55. The van der Waals surface area contributed by atoms with Crippen molar-refractivity contribution in [2.75, 3.05) is 0 Å². The Kier molecular flexibility index (Phi) is 2.37. The highest BCUT2D eigenvalue weighted by Crippen LogP contribution is 2.43. The highest BCUT2D eigenvalue weighted by molar-refractivity contribution is 4.93. The first-order chi connectivity index (χ1) is 5.77. The molecule has 0 radical (unpaired) electrons. The van der Waals surface area contributed by atoms with Gasteiger partial charge in [-0.05, 0) is 38.0 Å². The molecule has 2 nitrogen and oxygen atoms in total. The zero-order valence-corrected chi connectivity index (χ0v) is 7.79. The van der Waals surface area contributed by atoms with E-state index in [1.54, 1.807) is 0 Å². The Hall–Kier alpha value is -0.0800. The number of fused-ring (bicyclic) bond motifs is 1. The van der Waals surface area contributed by atoms with E-state index in [4.69, 9.17) is 0 Å². The Morgan fingerprint density at radius 1 is 1.25 bits per heavy atom. The van der Waals surface area contributed by atoms with Crippen LogP contribution in [0.5, 0.6) is 0 Å². The van der Waals surface area contributed by atoms with Crippen molar-refractivity contribution in [2.45, 2.75) is 51.3 Å². The van der Waals surface area contributed by atoms with Crippen molar-refractivity contribution >= 4 is 0 Å². The number of hydrogen-bond donors (Lipinski definition) is 2. The fourth-order valence-electron chi connectivity index (χ4n) is 3.08. The monoisotopic (exact) mass is 169 g/mol. The molecule has 0 saturated heterocycles. The highest BCUT2D eigenvalue weighted by atomic mass is 16.3. The summed E-state index contributed by atoms with van der Waals surface area (Å²) in [6, 6.07) is 0.609. The number of aliphatic hydroxyl groups excluding tert-OH is 1. The van der Waals surface area contributed by atoms with Gasteiger partial charge in [0.25, 0.3) is 0 Å². The van der Waals surface area contributed by atoms with Crippen LogP contribution in [-0.4, -0.2) is 17.4 Å². The van der Waals surface area contributed by atoms with Crippen LogP contribution in [0.1, 0.15) is 39.0 Å². The number of rotatable bonds is 2. The van der Waals surface area contributed by atoms with Crippen molar-refractivity contribution in [3.8, 4) is 0 Å². The van der Waals surface area contributed by atoms with Gasteiger partial charge in [0.1, 0.15) is 6.23 Å². The number of aliphatic hydroxyl groups is 1. The lowest BCUT2D eigenvalue weighted by molar-refractivity contribution is 0.129. The van der Waals surface area contributed by atoms with Crippen LogP contribution in [0.25, 0.3) is 0 Å². The van der Waals surface area contributed by atoms with Gasteiger partial charge in [-0.15, -0.1) is 0 Å². The molecular formula is C10H19NO. The first kappa shape index (κ1) is 8.52. The van der Waals surface area contributed by atoms with Gasteiger partial charge in [0.2, 0.25) is 0 Å². The Morgan fingerprint density at radius 3 is 2.83 bits per heavy atom. The van der Waals surface area contributed by atoms with Gasteiger partial charge in [0.05, 0.1) is 0 Å². The first-order valence-electron chi connectivity index (χ1n) is 5.21. The molecule has 0 aromatic rings. The summed E-state index contributed by atoms with van der Waals surface area (Å²) in [7, 11) is 0. The maximum Gasteiger partial charge on any atom is 0.102 e. The van der Waals surface area contributed by atoms with Crippen LogP contribution in [0.4, 0.5) is 0 Å². The lowest BCUT2D eigenvalue weighted by Crippen LogP contribution is -2.38. The molecule has 12 heavy (non-hydrogen) atoms. The molecule has 2 aliphatic carbocycles. The van der Waals surface area contributed by atoms with Crippen LogP contribution in [0.3, 0.4) is 0 Å². The predicted octanol–water partition coefficient (Wildman–Crippen LogP) is 1.49. The summed E-state index contributed by atoms with van der Waals surface area (Å²) >= 11 is 0. The molecule has 0 spiro atoms. The Bertz CT molecular complexity index is 158. The summed E-state index contributed by atoms with van der Waals surface area (Å²) in [5.41, 5.74) is 0. The second-order valence-electron chi connectivity index (χ2n) is 4.38. The molecule has 4 unspecified atom stereocenters. The molecule has 2 rings (SSSR count). The summed E-state index contributed by atoms with van der Waals surface area (Å²) in [5.74, 6) is 1.85. The molecule has 0 aliphatic heterocycles. The van der Waals surface area contributed by atoms with Crippen LogP contribution in [-0.2, 0) is 0 Å². The lowest BCUT2D eigenvalue weighted by atomic mass is 9.98. The highest BCUT2D eigenvalue weighted by Gasteiger charge is 2.38. The van der Waals surface area contributed by atoms with E-state index in [-0.39, 0.29) is 6.23 Å². The fourth-order valence-corrected chi connectivity index (χ4v) is 3.08. The molecular weight excluding hydrogens is 150 g/mol. The van der Waals surface area contributed by atoms with Gasteiger partial charge in [0.15, 0.2) is 0 Å². The van der Waals surface area contributed by atoms with E-state index >= 15 is 0 Å². The second kappa shape index (κ2) is 3.35. The van der Waals surface area contributed by atoms with E-state index in [0.29, 0.717) is 6.04 Å².